The fourth-order valence-corrected chi connectivity index (χ4v) is 7.44. The number of nitrogens with zero attached hydrogens (tertiary/aromatic N) is 4. The molecule has 0 atom stereocenters. The molecule has 0 amide bonds. The van der Waals surface area contributed by atoms with Crippen LogP contribution in [0.15, 0.2) is 152 Å². The predicted octanol–water partition coefficient (Wildman–Crippen LogP) is 10.8. The van der Waals surface area contributed by atoms with Gasteiger partial charge in [0.1, 0.15) is 11.6 Å². The highest BCUT2D eigenvalue weighted by molar-refractivity contribution is 6.13. The molecule has 0 radical (unpaired) electrons. The number of pyridine rings is 1. The maximum absolute atomic E-state index is 5.49. The third-order valence-corrected chi connectivity index (χ3v) is 9.60. The van der Waals surface area contributed by atoms with Gasteiger partial charge in [-0.15, -0.1) is 0 Å². The van der Waals surface area contributed by atoms with Crippen LogP contribution in [-0.2, 0) is 0 Å². The van der Waals surface area contributed by atoms with Crippen LogP contribution >= 0.6 is 0 Å². The molecular weight excluding hydrogens is 587 g/mol. The van der Waals surface area contributed by atoms with Crippen molar-refractivity contribution in [1.29, 1.82) is 0 Å². The van der Waals surface area contributed by atoms with E-state index in [4.69, 9.17) is 9.97 Å². The summed E-state index contributed by atoms with van der Waals surface area (Å²) in [6.07, 6.45) is 1.89. The lowest BCUT2D eigenvalue weighted by Gasteiger charge is -2.11. The SMILES string of the molecule is Cc1ccnc(-n2c3ccccc3c3ccc(-c4cccc5c4nc(-c4cccc6c4[nH]c4ccccc46)n5-c4ccccc4)cc32)c1. The molecule has 0 aliphatic heterocycles. The Morgan fingerprint density at radius 3 is 2.17 bits per heavy atom. The molecule has 4 aromatic heterocycles. The van der Waals surface area contributed by atoms with Gasteiger partial charge in [0.2, 0.25) is 0 Å². The summed E-state index contributed by atoms with van der Waals surface area (Å²) >= 11 is 0. The molecule has 226 valence electrons. The summed E-state index contributed by atoms with van der Waals surface area (Å²) in [5.41, 5.74) is 12.0. The zero-order chi connectivity index (χ0) is 31.8. The topological polar surface area (TPSA) is 51.4 Å². The first-order chi connectivity index (χ1) is 23.7. The van der Waals surface area contributed by atoms with Gasteiger partial charge in [0, 0.05) is 50.1 Å². The smallest absolute Gasteiger partial charge is 0.147 e. The predicted molar refractivity (Wildman–Crippen MR) is 198 cm³/mol. The first-order valence-corrected chi connectivity index (χ1v) is 16.3. The van der Waals surface area contributed by atoms with Crippen LogP contribution in [0.1, 0.15) is 5.56 Å². The van der Waals surface area contributed by atoms with E-state index >= 15 is 0 Å². The summed E-state index contributed by atoms with van der Waals surface area (Å²) in [5.74, 6) is 1.82. The third kappa shape index (κ3) is 3.91. The van der Waals surface area contributed by atoms with Crippen LogP contribution in [0, 0.1) is 6.92 Å². The lowest BCUT2D eigenvalue weighted by Crippen LogP contribution is -1.98. The zero-order valence-electron chi connectivity index (χ0n) is 26.2. The van der Waals surface area contributed by atoms with Crippen LogP contribution in [0.2, 0.25) is 0 Å². The maximum Gasteiger partial charge on any atom is 0.147 e. The van der Waals surface area contributed by atoms with E-state index in [1.807, 2.05) is 12.3 Å². The molecule has 1 N–H and O–H groups in total. The molecule has 0 aliphatic carbocycles. The van der Waals surface area contributed by atoms with Gasteiger partial charge in [0.05, 0.1) is 27.6 Å². The molecule has 48 heavy (non-hydrogen) atoms. The largest absolute Gasteiger partial charge is 0.354 e. The summed E-state index contributed by atoms with van der Waals surface area (Å²) in [4.78, 5) is 14.0. The minimum absolute atomic E-state index is 0.903. The highest BCUT2D eigenvalue weighted by Crippen LogP contribution is 2.40. The minimum Gasteiger partial charge on any atom is -0.354 e. The average molecular weight is 616 g/mol. The molecule has 10 aromatic rings. The Balaban J connectivity index is 1.26. The van der Waals surface area contributed by atoms with E-state index in [1.54, 1.807) is 0 Å². The molecule has 5 nitrogen and oxygen atoms in total. The maximum atomic E-state index is 5.49. The number of aryl methyl sites for hydroxylation is 1. The Bertz CT molecular complexity index is 2850. The number of H-pyrrole nitrogens is 1. The van der Waals surface area contributed by atoms with Gasteiger partial charge < -0.3 is 4.98 Å². The van der Waals surface area contributed by atoms with Crippen molar-refractivity contribution in [2.75, 3.05) is 0 Å². The number of hydrogen-bond acceptors (Lipinski definition) is 2. The van der Waals surface area contributed by atoms with Crippen molar-refractivity contribution in [3.8, 4) is 34.0 Å². The van der Waals surface area contributed by atoms with E-state index < -0.39 is 0 Å². The summed E-state index contributed by atoms with van der Waals surface area (Å²) in [7, 11) is 0. The van der Waals surface area contributed by atoms with Crippen LogP contribution in [-0.4, -0.2) is 24.1 Å². The number of fused-ring (bicyclic) bond motifs is 7. The highest BCUT2D eigenvalue weighted by atomic mass is 15.1. The van der Waals surface area contributed by atoms with Gasteiger partial charge in [-0.05, 0) is 72.6 Å². The number of hydrogen-bond donors (Lipinski definition) is 1. The van der Waals surface area contributed by atoms with E-state index in [-0.39, 0.29) is 0 Å². The average Bonchev–Trinajstić information content (AvgIpc) is 3.81. The van der Waals surface area contributed by atoms with Crippen LogP contribution < -0.4 is 0 Å². The molecule has 0 aliphatic rings. The Labute approximate surface area is 276 Å². The van der Waals surface area contributed by atoms with Crippen LogP contribution in [0.5, 0.6) is 0 Å². The van der Waals surface area contributed by atoms with E-state index in [2.05, 4.69) is 161 Å². The summed E-state index contributed by atoms with van der Waals surface area (Å²) in [6, 6.07) is 51.6. The molecule has 0 fully saturated rings. The summed E-state index contributed by atoms with van der Waals surface area (Å²) in [6.45, 7) is 2.11. The molecule has 0 saturated heterocycles. The van der Waals surface area contributed by atoms with Crippen molar-refractivity contribution in [2.45, 2.75) is 6.92 Å². The number of para-hydroxylation sites is 5. The van der Waals surface area contributed by atoms with Gasteiger partial charge in [-0.3, -0.25) is 9.13 Å². The molecule has 4 heterocycles. The minimum atomic E-state index is 0.903. The first kappa shape index (κ1) is 26.7. The van der Waals surface area contributed by atoms with E-state index in [0.717, 1.165) is 67.1 Å². The Morgan fingerprint density at radius 2 is 1.27 bits per heavy atom. The zero-order valence-corrected chi connectivity index (χ0v) is 26.2. The van der Waals surface area contributed by atoms with Crippen LogP contribution in [0.25, 0.3) is 88.7 Å². The van der Waals surface area contributed by atoms with Gasteiger partial charge in [-0.1, -0.05) is 91.0 Å². The second kappa shape index (κ2) is 10.3. The van der Waals surface area contributed by atoms with Crippen molar-refractivity contribution >= 4 is 54.6 Å². The van der Waals surface area contributed by atoms with E-state index in [1.165, 1.54) is 27.1 Å². The molecule has 6 aromatic carbocycles. The number of nitrogens with one attached hydrogen (secondary N) is 1. The van der Waals surface area contributed by atoms with Gasteiger partial charge in [0.15, 0.2) is 0 Å². The Hall–Kier alpha value is -6.46. The van der Waals surface area contributed by atoms with Gasteiger partial charge >= 0.3 is 0 Å². The van der Waals surface area contributed by atoms with Crippen LogP contribution in [0.4, 0.5) is 0 Å². The quantitative estimate of drug-likeness (QED) is 0.214. The van der Waals surface area contributed by atoms with Gasteiger partial charge in [0.25, 0.3) is 0 Å². The van der Waals surface area contributed by atoms with Gasteiger partial charge in [-0.2, -0.15) is 0 Å². The number of aromatic amines is 1. The lowest BCUT2D eigenvalue weighted by molar-refractivity contribution is 1.07. The third-order valence-electron chi connectivity index (χ3n) is 9.60. The van der Waals surface area contributed by atoms with Crippen molar-refractivity contribution in [2.24, 2.45) is 0 Å². The van der Waals surface area contributed by atoms with Crippen molar-refractivity contribution < 1.29 is 0 Å². The number of aromatic nitrogens is 5. The molecule has 5 heteroatoms. The number of rotatable bonds is 4. The molecular formula is C43H29N5. The second-order valence-corrected chi connectivity index (χ2v) is 12.5. The fourth-order valence-electron chi connectivity index (χ4n) is 7.44. The Kier molecular flexibility index (Phi) is 5.72. The highest BCUT2D eigenvalue weighted by Gasteiger charge is 2.21. The number of imidazole rings is 1. The molecule has 0 bridgehead atoms. The normalized spacial score (nSPS) is 11.9. The second-order valence-electron chi connectivity index (χ2n) is 12.5. The summed E-state index contributed by atoms with van der Waals surface area (Å²) < 4.78 is 4.58. The Morgan fingerprint density at radius 1 is 0.542 bits per heavy atom. The van der Waals surface area contributed by atoms with Crippen molar-refractivity contribution in [1.82, 2.24) is 24.1 Å². The molecule has 10 rings (SSSR count). The molecule has 0 saturated carbocycles. The van der Waals surface area contributed by atoms with Gasteiger partial charge in [-0.25, -0.2) is 9.97 Å². The summed E-state index contributed by atoms with van der Waals surface area (Å²) in [5, 5.41) is 4.82. The lowest BCUT2D eigenvalue weighted by atomic mass is 10.0. The first-order valence-electron chi connectivity index (χ1n) is 16.3. The van der Waals surface area contributed by atoms with Crippen molar-refractivity contribution in [3.05, 3.63) is 157 Å². The standard InChI is InChI=1S/C43H29N5/c1-27-23-24-44-40(25-27)48-37-19-8-6-14-32(37)33-22-21-28(26-39(33)48)30-15-10-20-38-42(30)46-43(47(38)29-11-3-2-4-12-29)35-17-9-16-34-31-13-5-7-18-36(31)45-41(34)35/h2-26,45H,1H3. The van der Waals surface area contributed by atoms with Crippen LogP contribution in [0.3, 0.4) is 0 Å². The molecule has 0 spiro atoms. The number of benzene rings is 6. The van der Waals surface area contributed by atoms with E-state index in [0.29, 0.717) is 0 Å². The molecule has 0 unspecified atom stereocenters. The monoisotopic (exact) mass is 615 g/mol. The fraction of sp³-hybridized carbons (Fsp3) is 0.0233. The van der Waals surface area contributed by atoms with E-state index in [9.17, 15) is 0 Å². The van der Waals surface area contributed by atoms with Crippen molar-refractivity contribution in [3.63, 3.8) is 0 Å².